The molecule has 2 aromatic heterocycles. The van der Waals surface area contributed by atoms with Crippen LogP contribution in [0.1, 0.15) is 121 Å². The maximum atomic E-state index is 13.1. The Bertz CT molecular complexity index is 1150. The predicted molar refractivity (Wildman–Crippen MR) is 193 cm³/mol. The summed E-state index contributed by atoms with van der Waals surface area (Å²) in [5.74, 6) is -0.249. The highest BCUT2D eigenvalue weighted by Gasteiger charge is 2.43. The molecule has 3 rings (SSSR count). The van der Waals surface area contributed by atoms with Crippen molar-refractivity contribution in [2.45, 2.75) is 171 Å². The molecule has 7 N–H and O–H groups in total. The van der Waals surface area contributed by atoms with E-state index in [2.05, 4.69) is 29.4 Å². The van der Waals surface area contributed by atoms with Gasteiger partial charge in [-0.25, -0.2) is 0 Å². The van der Waals surface area contributed by atoms with E-state index in [0.717, 1.165) is 41.0 Å². The van der Waals surface area contributed by atoms with Crippen LogP contribution in [0.3, 0.4) is 0 Å². The summed E-state index contributed by atoms with van der Waals surface area (Å²) >= 11 is 1.68. The average Bonchev–Trinajstić information content (AvgIpc) is 3.59. The van der Waals surface area contributed by atoms with Gasteiger partial charge in [0.15, 0.2) is 0 Å². The predicted octanol–water partition coefficient (Wildman–Crippen LogP) is 5.05. The molecule has 2 aromatic rings. The second-order valence-electron chi connectivity index (χ2n) is 13.7. The maximum absolute atomic E-state index is 13.1. The van der Waals surface area contributed by atoms with Crippen LogP contribution in [0.2, 0.25) is 0 Å². The van der Waals surface area contributed by atoms with Crippen LogP contribution >= 0.6 is 11.3 Å². The number of aliphatic hydroxyl groups excluding tert-OH is 6. The van der Waals surface area contributed by atoms with Gasteiger partial charge in [0.2, 0.25) is 5.91 Å². The number of ether oxygens (including phenoxy) is 1. The Kier molecular flexibility index (Phi) is 19.9. The van der Waals surface area contributed by atoms with Gasteiger partial charge in [0.25, 0.3) is 0 Å². The Morgan fingerprint density at radius 3 is 2.06 bits per heavy atom. The van der Waals surface area contributed by atoms with Gasteiger partial charge in [-0.1, -0.05) is 84.0 Å². The molecule has 1 saturated heterocycles. The number of pyridine rings is 1. The van der Waals surface area contributed by atoms with E-state index in [0.29, 0.717) is 12.8 Å². The number of hydrogen-bond donors (Lipinski definition) is 7. The molecule has 10 nitrogen and oxygen atoms in total. The number of carbonyl (C=O) groups is 1. The lowest BCUT2D eigenvalue weighted by Gasteiger charge is -2.40. The van der Waals surface area contributed by atoms with Gasteiger partial charge in [-0.3, -0.25) is 9.78 Å². The number of rotatable bonds is 25. The van der Waals surface area contributed by atoms with Gasteiger partial charge in [-0.15, -0.1) is 11.3 Å². The topological polar surface area (TPSA) is 173 Å². The summed E-state index contributed by atoms with van der Waals surface area (Å²) in [5, 5.41) is 65.5. The number of carbonyl (C=O) groups excluding carboxylic acids is 1. The summed E-state index contributed by atoms with van der Waals surface area (Å²) < 4.78 is 5.65. The van der Waals surface area contributed by atoms with Crippen LogP contribution in [0.5, 0.6) is 0 Å². The van der Waals surface area contributed by atoms with E-state index < -0.39 is 55.4 Å². The Morgan fingerprint density at radius 2 is 1.43 bits per heavy atom. The number of aromatic nitrogens is 1. The van der Waals surface area contributed by atoms with Crippen molar-refractivity contribution in [1.82, 2.24) is 10.3 Å². The Morgan fingerprint density at radius 1 is 0.816 bits per heavy atom. The number of aryl methyl sites for hydroxylation is 1. The molecule has 0 aliphatic carbocycles. The fourth-order valence-electron chi connectivity index (χ4n) is 6.61. The summed E-state index contributed by atoms with van der Waals surface area (Å²) in [5.41, 5.74) is 1.10. The third-order valence-electron chi connectivity index (χ3n) is 9.71. The molecule has 1 amide bonds. The van der Waals surface area contributed by atoms with Gasteiger partial charge in [0.1, 0.15) is 24.4 Å². The van der Waals surface area contributed by atoms with E-state index in [1.807, 2.05) is 12.1 Å². The first-order valence-electron chi connectivity index (χ1n) is 18.7. The van der Waals surface area contributed by atoms with Crippen LogP contribution in [0.25, 0.3) is 10.4 Å². The molecule has 0 saturated carbocycles. The van der Waals surface area contributed by atoms with Gasteiger partial charge >= 0.3 is 0 Å². The minimum Gasteiger partial charge on any atom is -0.394 e. The van der Waals surface area contributed by atoms with Crippen molar-refractivity contribution in [3.05, 3.63) is 41.5 Å². The first-order chi connectivity index (χ1) is 23.7. The zero-order valence-corrected chi connectivity index (χ0v) is 30.2. The zero-order valence-electron chi connectivity index (χ0n) is 29.4. The molecule has 1 aliphatic heterocycles. The summed E-state index contributed by atoms with van der Waals surface area (Å²) in [4.78, 5) is 19.5. The molecule has 8 atom stereocenters. The largest absolute Gasteiger partial charge is 0.394 e. The molecule has 0 aromatic carbocycles. The monoisotopic (exact) mass is 706 g/mol. The number of nitrogens with zero attached hydrogens (tertiary/aromatic N) is 1. The minimum atomic E-state index is -1.50. The Balaban J connectivity index is 1.46. The molecule has 49 heavy (non-hydrogen) atoms. The van der Waals surface area contributed by atoms with E-state index in [1.165, 1.54) is 57.8 Å². The van der Waals surface area contributed by atoms with Crippen LogP contribution in [0.4, 0.5) is 0 Å². The van der Waals surface area contributed by atoms with Crippen LogP contribution < -0.4 is 5.32 Å². The lowest BCUT2D eigenvalue weighted by Crippen LogP contribution is -2.59. The Hall–Kier alpha value is -1.96. The molecule has 1 fully saturated rings. The molecule has 1 aliphatic rings. The highest BCUT2D eigenvalue weighted by atomic mass is 32.1. The van der Waals surface area contributed by atoms with Crippen molar-refractivity contribution in [3.63, 3.8) is 0 Å². The number of nitrogens with one attached hydrogen (secondary N) is 1. The van der Waals surface area contributed by atoms with E-state index in [1.54, 1.807) is 23.7 Å². The van der Waals surface area contributed by atoms with Crippen molar-refractivity contribution in [2.75, 3.05) is 6.61 Å². The normalized spacial score (nSPS) is 22.9. The van der Waals surface area contributed by atoms with Crippen LogP contribution in [0, 0.1) is 0 Å². The smallest absolute Gasteiger partial charge is 0.220 e. The SMILES string of the molecule is CCCCCCCCCCCCCC[C@@H](O)[C@@H](O)[C@H](CC[C@H]1O[C@H](CO)[C@H](O)[C@H](O)[C@H]1O)NC(=O)CCCc1ccc(-c2ccncc2)s1. The molecule has 3 heterocycles. The molecular weight excluding hydrogens is 644 g/mol. The molecule has 0 unspecified atom stereocenters. The lowest BCUT2D eigenvalue weighted by molar-refractivity contribution is -0.231. The van der Waals surface area contributed by atoms with E-state index in [4.69, 9.17) is 4.74 Å². The lowest BCUT2D eigenvalue weighted by atomic mass is 9.90. The van der Waals surface area contributed by atoms with Crippen molar-refractivity contribution in [2.24, 2.45) is 0 Å². The number of thiophene rings is 1. The number of hydrogen-bond acceptors (Lipinski definition) is 10. The third-order valence-corrected chi connectivity index (χ3v) is 10.9. The second kappa shape index (κ2) is 23.5. The van der Waals surface area contributed by atoms with Crippen molar-refractivity contribution < 1.29 is 40.2 Å². The third kappa shape index (κ3) is 14.7. The van der Waals surface area contributed by atoms with Gasteiger partial charge in [-0.05, 0) is 61.9 Å². The fraction of sp³-hybridized carbons (Fsp3) is 0.737. The molecule has 278 valence electrons. The fourth-order valence-corrected chi connectivity index (χ4v) is 7.66. The first kappa shape index (κ1) is 41.5. The summed E-state index contributed by atoms with van der Waals surface area (Å²) in [6, 6.07) is 7.25. The molecular formula is C38H62N2O8S. The minimum absolute atomic E-state index is 0.127. The Labute approximate surface area is 297 Å². The van der Waals surface area contributed by atoms with Crippen molar-refractivity contribution >= 4 is 17.2 Å². The summed E-state index contributed by atoms with van der Waals surface area (Å²) in [7, 11) is 0. The number of amides is 1. The van der Waals surface area contributed by atoms with Crippen LogP contribution in [-0.2, 0) is 16.0 Å². The molecule has 0 bridgehead atoms. The standard InChI is InChI=1S/C38H62N2O8S/c1-2-3-4-5-6-7-8-9-10-11-12-13-16-30(42)35(44)29(19-20-31-36(45)38(47)37(46)32(26-41)48-31)40-34(43)17-14-15-28-18-21-33(49-28)27-22-24-39-25-23-27/h18,21-25,29-32,35-38,41-42,44-47H,2-17,19-20,26H2,1H3,(H,40,43)/t29-,30+,31+,32+,35-,36-,37-,38+/m0/s1. The zero-order chi connectivity index (χ0) is 35.4. The second-order valence-corrected chi connectivity index (χ2v) is 14.9. The quantitative estimate of drug-likeness (QED) is 0.0698. The first-order valence-corrected chi connectivity index (χ1v) is 19.5. The highest BCUT2D eigenvalue weighted by molar-refractivity contribution is 7.15. The van der Waals surface area contributed by atoms with Gasteiger partial charge in [0.05, 0.1) is 31.0 Å². The van der Waals surface area contributed by atoms with E-state index in [9.17, 15) is 35.4 Å². The molecule has 0 radical (unpaired) electrons. The van der Waals surface area contributed by atoms with Gasteiger partial charge in [0, 0.05) is 28.6 Å². The van der Waals surface area contributed by atoms with Crippen LogP contribution in [0.15, 0.2) is 36.7 Å². The number of aliphatic hydroxyl groups is 6. The van der Waals surface area contributed by atoms with E-state index in [-0.39, 0.29) is 25.2 Å². The molecule has 0 spiro atoms. The number of unbranched alkanes of at least 4 members (excludes halogenated alkanes) is 11. The highest BCUT2D eigenvalue weighted by Crippen LogP contribution is 2.29. The van der Waals surface area contributed by atoms with Gasteiger partial charge in [-0.2, -0.15) is 0 Å². The summed E-state index contributed by atoms with van der Waals surface area (Å²) in [6.07, 6.45) is 11.6. The van der Waals surface area contributed by atoms with E-state index >= 15 is 0 Å². The van der Waals surface area contributed by atoms with Gasteiger partial charge < -0.3 is 40.7 Å². The summed E-state index contributed by atoms with van der Waals surface area (Å²) in [6.45, 7) is 1.70. The van der Waals surface area contributed by atoms with Crippen LogP contribution in [-0.4, -0.2) is 96.9 Å². The van der Waals surface area contributed by atoms with Crippen molar-refractivity contribution in [1.29, 1.82) is 0 Å². The van der Waals surface area contributed by atoms with Crippen molar-refractivity contribution in [3.8, 4) is 10.4 Å². The molecule has 11 heteroatoms. The maximum Gasteiger partial charge on any atom is 0.220 e. The average molecular weight is 707 g/mol.